The standard InChI is InChI=1S/C17H25NO.C10H22.C2H6/c1-4-6-8-14(9-7-5-2)16-12-18-13(3)15-10-11-19-17(15)16;1-3-5-7-9-10-8-6-4-2;1-2/h10-12,14H,4-9H2,1-3H3;3-10H2,1-2H3;1-2H3. The van der Waals surface area contributed by atoms with Crippen molar-refractivity contribution in [2.45, 2.75) is 144 Å². The number of aromatic nitrogens is 1. The average molecular weight is 432 g/mol. The minimum atomic E-state index is 0.599. The van der Waals surface area contributed by atoms with Gasteiger partial charge in [0.1, 0.15) is 5.58 Å². The highest BCUT2D eigenvalue weighted by Gasteiger charge is 2.17. The van der Waals surface area contributed by atoms with E-state index in [0.717, 1.165) is 11.3 Å². The van der Waals surface area contributed by atoms with E-state index >= 15 is 0 Å². The van der Waals surface area contributed by atoms with Gasteiger partial charge in [-0.3, -0.25) is 4.98 Å². The molecule has 2 rings (SSSR count). The number of unbranched alkanes of at least 4 members (excludes halogenated alkanes) is 9. The summed E-state index contributed by atoms with van der Waals surface area (Å²) in [7, 11) is 0. The fraction of sp³-hybridized carbons (Fsp3) is 0.759. The zero-order chi connectivity index (χ0) is 23.3. The summed E-state index contributed by atoms with van der Waals surface area (Å²) in [6.45, 7) is 15.1. The molecular formula is C29H53NO. The van der Waals surface area contributed by atoms with Crippen molar-refractivity contribution in [1.29, 1.82) is 0 Å². The van der Waals surface area contributed by atoms with Crippen LogP contribution in [-0.4, -0.2) is 4.98 Å². The van der Waals surface area contributed by atoms with Gasteiger partial charge >= 0.3 is 0 Å². The van der Waals surface area contributed by atoms with Crippen LogP contribution in [0.4, 0.5) is 0 Å². The normalized spacial score (nSPS) is 10.6. The second-order valence-electron chi connectivity index (χ2n) is 8.57. The van der Waals surface area contributed by atoms with Crippen LogP contribution in [0.15, 0.2) is 22.9 Å². The second kappa shape index (κ2) is 20.6. The molecule has 0 saturated heterocycles. The fourth-order valence-corrected chi connectivity index (χ4v) is 3.97. The molecule has 180 valence electrons. The fourth-order valence-electron chi connectivity index (χ4n) is 3.97. The summed E-state index contributed by atoms with van der Waals surface area (Å²) in [6.07, 6.45) is 22.9. The zero-order valence-corrected chi connectivity index (χ0v) is 22.1. The Morgan fingerprint density at radius 2 is 1.23 bits per heavy atom. The number of hydrogen-bond acceptors (Lipinski definition) is 2. The molecule has 0 aliphatic rings. The Balaban J connectivity index is 0.000000639. The van der Waals surface area contributed by atoms with Crippen molar-refractivity contribution in [3.63, 3.8) is 0 Å². The van der Waals surface area contributed by atoms with Crippen LogP contribution in [0, 0.1) is 6.92 Å². The van der Waals surface area contributed by atoms with Gasteiger partial charge < -0.3 is 4.42 Å². The summed E-state index contributed by atoms with van der Waals surface area (Å²) < 4.78 is 5.73. The van der Waals surface area contributed by atoms with Crippen molar-refractivity contribution in [3.8, 4) is 0 Å². The Morgan fingerprint density at radius 1 is 0.742 bits per heavy atom. The summed E-state index contributed by atoms with van der Waals surface area (Å²) in [5.74, 6) is 0.599. The topological polar surface area (TPSA) is 26.0 Å². The Bertz CT molecular complexity index is 615. The Hall–Kier alpha value is -1.31. The van der Waals surface area contributed by atoms with E-state index in [9.17, 15) is 0 Å². The number of pyridine rings is 1. The molecule has 31 heavy (non-hydrogen) atoms. The molecule has 2 aromatic rings. The number of nitrogens with zero attached hydrogens (tertiary/aromatic N) is 1. The molecule has 0 aliphatic carbocycles. The summed E-state index contributed by atoms with van der Waals surface area (Å²) >= 11 is 0. The summed E-state index contributed by atoms with van der Waals surface area (Å²) in [4.78, 5) is 4.56. The van der Waals surface area contributed by atoms with E-state index in [1.165, 1.54) is 101 Å². The summed E-state index contributed by atoms with van der Waals surface area (Å²) in [5, 5.41) is 1.18. The lowest BCUT2D eigenvalue weighted by atomic mass is 9.89. The van der Waals surface area contributed by atoms with Gasteiger partial charge in [0.05, 0.1) is 6.26 Å². The molecule has 2 nitrogen and oxygen atoms in total. The first-order valence-corrected chi connectivity index (χ1v) is 13.5. The first kappa shape index (κ1) is 29.7. The molecule has 0 aromatic carbocycles. The molecule has 0 spiro atoms. The molecule has 0 saturated carbocycles. The Morgan fingerprint density at radius 3 is 1.71 bits per heavy atom. The monoisotopic (exact) mass is 431 g/mol. The molecule has 0 amide bonds. The summed E-state index contributed by atoms with van der Waals surface area (Å²) in [6, 6.07) is 2.04. The van der Waals surface area contributed by atoms with Crippen molar-refractivity contribution in [2.75, 3.05) is 0 Å². The molecule has 0 aliphatic heterocycles. The molecule has 0 fully saturated rings. The van der Waals surface area contributed by atoms with Crippen LogP contribution in [0.3, 0.4) is 0 Å². The third-order valence-electron chi connectivity index (χ3n) is 5.92. The van der Waals surface area contributed by atoms with Crippen molar-refractivity contribution < 1.29 is 4.42 Å². The number of hydrogen-bond donors (Lipinski definition) is 0. The highest BCUT2D eigenvalue weighted by atomic mass is 16.3. The van der Waals surface area contributed by atoms with Crippen LogP contribution in [0.1, 0.15) is 149 Å². The van der Waals surface area contributed by atoms with E-state index in [2.05, 4.69) is 39.6 Å². The summed E-state index contributed by atoms with van der Waals surface area (Å²) in [5.41, 5.74) is 3.44. The third-order valence-corrected chi connectivity index (χ3v) is 5.92. The average Bonchev–Trinajstić information content (AvgIpc) is 3.30. The molecule has 0 N–H and O–H groups in total. The van der Waals surface area contributed by atoms with Crippen molar-refractivity contribution in [1.82, 2.24) is 4.98 Å². The molecule has 2 heteroatoms. The molecule has 0 unspecified atom stereocenters. The molecule has 0 radical (unpaired) electrons. The van der Waals surface area contributed by atoms with Gasteiger partial charge in [-0.2, -0.15) is 0 Å². The number of fused-ring (bicyclic) bond motifs is 1. The van der Waals surface area contributed by atoms with E-state index in [4.69, 9.17) is 4.42 Å². The minimum absolute atomic E-state index is 0.599. The van der Waals surface area contributed by atoms with E-state index in [1.807, 2.05) is 26.1 Å². The van der Waals surface area contributed by atoms with Crippen LogP contribution < -0.4 is 0 Å². The van der Waals surface area contributed by atoms with Gasteiger partial charge in [0.25, 0.3) is 0 Å². The predicted octanol–water partition coefficient (Wildman–Crippen LogP) is 10.8. The van der Waals surface area contributed by atoms with E-state index in [1.54, 1.807) is 6.26 Å². The van der Waals surface area contributed by atoms with Gasteiger partial charge in [0, 0.05) is 22.8 Å². The number of furan rings is 1. The maximum Gasteiger partial charge on any atom is 0.140 e. The van der Waals surface area contributed by atoms with E-state index in [-0.39, 0.29) is 0 Å². The molecule has 0 bridgehead atoms. The Kier molecular flexibility index (Phi) is 19.7. The van der Waals surface area contributed by atoms with Crippen LogP contribution in [0.25, 0.3) is 11.0 Å². The van der Waals surface area contributed by atoms with E-state index in [0.29, 0.717) is 5.92 Å². The number of rotatable bonds is 14. The van der Waals surface area contributed by atoms with Gasteiger partial charge in [-0.15, -0.1) is 0 Å². The van der Waals surface area contributed by atoms with Crippen LogP contribution in [0.2, 0.25) is 0 Å². The first-order chi connectivity index (χ1) is 15.2. The van der Waals surface area contributed by atoms with Crippen molar-refractivity contribution in [2.24, 2.45) is 0 Å². The van der Waals surface area contributed by atoms with Crippen LogP contribution in [-0.2, 0) is 0 Å². The predicted molar refractivity (Wildman–Crippen MR) is 140 cm³/mol. The smallest absolute Gasteiger partial charge is 0.140 e. The minimum Gasteiger partial charge on any atom is -0.464 e. The van der Waals surface area contributed by atoms with Gasteiger partial charge in [-0.05, 0) is 31.7 Å². The largest absolute Gasteiger partial charge is 0.464 e. The van der Waals surface area contributed by atoms with E-state index < -0.39 is 0 Å². The molecule has 2 heterocycles. The molecule has 2 aromatic heterocycles. The van der Waals surface area contributed by atoms with Crippen molar-refractivity contribution in [3.05, 3.63) is 29.8 Å². The lowest BCUT2D eigenvalue weighted by Crippen LogP contribution is -2.01. The second-order valence-corrected chi connectivity index (χ2v) is 8.57. The van der Waals surface area contributed by atoms with Crippen molar-refractivity contribution >= 4 is 11.0 Å². The van der Waals surface area contributed by atoms with Crippen LogP contribution in [0.5, 0.6) is 0 Å². The Labute approximate surface area is 194 Å². The highest BCUT2D eigenvalue weighted by molar-refractivity contribution is 5.82. The van der Waals surface area contributed by atoms with Gasteiger partial charge in [-0.1, -0.05) is 119 Å². The third kappa shape index (κ3) is 12.3. The van der Waals surface area contributed by atoms with Gasteiger partial charge in [0.15, 0.2) is 0 Å². The van der Waals surface area contributed by atoms with Gasteiger partial charge in [0.2, 0.25) is 0 Å². The lowest BCUT2D eigenvalue weighted by Gasteiger charge is -2.17. The highest BCUT2D eigenvalue weighted by Crippen LogP contribution is 2.33. The maximum atomic E-state index is 5.73. The first-order valence-electron chi connectivity index (χ1n) is 13.5. The molecule has 0 atom stereocenters. The van der Waals surface area contributed by atoms with Crippen LogP contribution >= 0.6 is 0 Å². The quantitative estimate of drug-likeness (QED) is 0.278. The number of aryl methyl sites for hydroxylation is 1. The maximum absolute atomic E-state index is 5.73. The molecular weight excluding hydrogens is 378 g/mol. The lowest BCUT2D eigenvalue weighted by molar-refractivity contribution is 0.515. The van der Waals surface area contributed by atoms with Gasteiger partial charge in [-0.25, -0.2) is 0 Å². The SMILES string of the molecule is CC.CCCCC(CCCC)c1cnc(C)c2ccoc12.CCCCCCCCCC. The zero-order valence-electron chi connectivity index (χ0n) is 22.1.